The molecule has 0 spiro atoms. The van der Waals surface area contributed by atoms with Crippen LogP contribution in [-0.2, 0) is 23.1 Å². The molecular formula is C22H28ClN3O3S. The highest BCUT2D eigenvalue weighted by atomic mass is 35.5. The van der Waals surface area contributed by atoms with E-state index in [1.54, 1.807) is 12.1 Å². The van der Waals surface area contributed by atoms with Gasteiger partial charge in [-0.25, -0.2) is 8.42 Å². The van der Waals surface area contributed by atoms with Crippen LogP contribution in [0.1, 0.15) is 40.7 Å². The molecule has 0 radical (unpaired) electrons. The van der Waals surface area contributed by atoms with Gasteiger partial charge in [0.15, 0.2) is 0 Å². The fourth-order valence-corrected chi connectivity index (χ4v) is 4.35. The molecule has 3 rings (SSSR count). The number of sulfonamides is 1. The number of nitrogens with zero attached hydrogens (tertiary/aromatic N) is 2. The van der Waals surface area contributed by atoms with Gasteiger partial charge in [-0.1, -0.05) is 42.3 Å². The Hall–Kier alpha value is -2.09. The first-order valence-electron chi connectivity index (χ1n) is 10.1. The van der Waals surface area contributed by atoms with Crippen molar-refractivity contribution in [2.24, 2.45) is 0 Å². The van der Waals surface area contributed by atoms with Crippen LogP contribution in [0.5, 0.6) is 0 Å². The lowest BCUT2D eigenvalue weighted by Crippen LogP contribution is -2.30. The molecule has 1 fully saturated rings. The molecule has 30 heavy (non-hydrogen) atoms. The number of likely N-dealkylation sites (tertiary alicyclic amines) is 1. The second-order valence-corrected chi connectivity index (χ2v) is 10.1. The van der Waals surface area contributed by atoms with Crippen molar-refractivity contribution in [1.29, 1.82) is 0 Å². The summed E-state index contributed by atoms with van der Waals surface area (Å²) in [7, 11) is -1.95. The molecule has 1 aliphatic heterocycles. The maximum absolute atomic E-state index is 12.7. The van der Waals surface area contributed by atoms with Gasteiger partial charge in [0.1, 0.15) is 0 Å². The summed E-state index contributed by atoms with van der Waals surface area (Å²) in [6.45, 7) is 3.53. The van der Waals surface area contributed by atoms with E-state index in [-0.39, 0.29) is 10.9 Å². The van der Waals surface area contributed by atoms with Crippen molar-refractivity contribution in [1.82, 2.24) is 10.2 Å². The lowest BCUT2D eigenvalue weighted by atomic mass is 10.0. The van der Waals surface area contributed by atoms with E-state index in [1.165, 1.54) is 37.9 Å². The number of rotatable bonds is 7. The van der Waals surface area contributed by atoms with Crippen LogP contribution < -0.4 is 9.62 Å². The molecule has 2 aromatic carbocycles. The van der Waals surface area contributed by atoms with Crippen LogP contribution in [0.15, 0.2) is 42.5 Å². The Balaban J connectivity index is 1.67. The van der Waals surface area contributed by atoms with E-state index in [9.17, 15) is 13.2 Å². The fourth-order valence-electron chi connectivity index (χ4n) is 3.59. The van der Waals surface area contributed by atoms with Gasteiger partial charge in [-0.3, -0.25) is 14.0 Å². The molecule has 1 amide bonds. The van der Waals surface area contributed by atoms with Gasteiger partial charge in [0.05, 0.1) is 22.5 Å². The lowest BCUT2D eigenvalue weighted by molar-refractivity contribution is 0.0951. The highest BCUT2D eigenvalue weighted by Gasteiger charge is 2.17. The molecule has 6 nitrogen and oxygen atoms in total. The number of anilines is 1. The number of hydrogen-bond acceptors (Lipinski definition) is 4. The van der Waals surface area contributed by atoms with Crippen molar-refractivity contribution < 1.29 is 13.2 Å². The van der Waals surface area contributed by atoms with Crippen molar-refractivity contribution in [3.8, 4) is 0 Å². The van der Waals surface area contributed by atoms with Gasteiger partial charge in [0.25, 0.3) is 5.91 Å². The molecule has 1 heterocycles. The smallest absolute Gasteiger partial charge is 0.253 e. The first-order chi connectivity index (χ1) is 14.3. The molecular weight excluding hydrogens is 422 g/mol. The zero-order valence-electron chi connectivity index (χ0n) is 17.4. The van der Waals surface area contributed by atoms with E-state index in [0.29, 0.717) is 17.8 Å². The van der Waals surface area contributed by atoms with E-state index in [1.807, 2.05) is 18.2 Å². The van der Waals surface area contributed by atoms with Gasteiger partial charge in [-0.05, 0) is 55.3 Å². The average Bonchev–Trinajstić information content (AvgIpc) is 2.72. The zero-order chi connectivity index (χ0) is 21.7. The van der Waals surface area contributed by atoms with E-state index < -0.39 is 10.0 Å². The predicted octanol–water partition coefficient (Wildman–Crippen LogP) is 3.65. The van der Waals surface area contributed by atoms with Gasteiger partial charge in [-0.2, -0.15) is 0 Å². The molecule has 1 saturated heterocycles. The number of nitrogens with one attached hydrogen (secondary N) is 1. The van der Waals surface area contributed by atoms with Crippen molar-refractivity contribution in [2.75, 3.05) is 30.7 Å². The Morgan fingerprint density at radius 1 is 1.10 bits per heavy atom. The summed E-state index contributed by atoms with van der Waals surface area (Å²) in [6.07, 6.45) is 4.89. The van der Waals surface area contributed by atoms with Gasteiger partial charge in [-0.15, -0.1) is 0 Å². The second-order valence-electron chi connectivity index (χ2n) is 7.68. The van der Waals surface area contributed by atoms with Crippen LogP contribution in [0.3, 0.4) is 0 Å². The standard InChI is InChI=1S/C22H28ClN3O3S/c1-25(30(2,28)29)19-10-11-20(21(23)14-19)22(27)24-15-17-8-4-5-9-18(17)16-26-12-6-3-7-13-26/h4-5,8-11,14H,3,6-7,12-13,15-16H2,1-2H3,(H,24,27). The van der Waals surface area contributed by atoms with Crippen LogP contribution in [0, 0.1) is 0 Å². The monoisotopic (exact) mass is 449 g/mol. The minimum absolute atomic E-state index is 0.210. The Morgan fingerprint density at radius 3 is 2.40 bits per heavy atom. The molecule has 2 aromatic rings. The summed E-state index contributed by atoms with van der Waals surface area (Å²) < 4.78 is 24.5. The highest BCUT2D eigenvalue weighted by Crippen LogP contribution is 2.25. The largest absolute Gasteiger partial charge is 0.348 e. The third-order valence-electron chi connectivity index (χ3n) is 5.46. The van der Waals surface area contributed by atoms with E-state index in [4.69, 9.17) is 11.6 Å². The third kappa shape index (κ3) is 5.74. The number of benzene rings is 2. The molecule has 8 heteroatoms. The van der Waals surface area contributed by atoms with Crippen LogP contribution >= 0.6 is 11.6 Å². The summed E-state index contributed by atoms with van der Waals surface area (Å²) in [5.41, 5.74) is 3.03. The summed E-state index contributed by atoms with van der Waals surface area (Å²) >= 11 is 6.27. The lowest BCUT2D eigenvalue weighted by Gasteiger charge is -2.27. The molecule has 0 atom stereocenters. The quantitative estimate of drug-likeness (QED) is 0.700. The third-order valence-corrected chi connectivity index (χ3v) is 6.98. The maximum atomic E-state index is 12.7. The molecule has 0 bridgehead atoms. The summed E-state index contributed by atoms with van der Waals surface area (Å²) in [4.78, 5) is 15.1. The van der Waals surface area contributed by atoms with Crippen molar-refractivity contribution in [3.05, 3.63) is 64.2 Å². The predicted molar refractivity (Wildman–Crippen MR) is 121 cm³/mol. The molecule has 1 N–H and O–H groups in total. The Bertz CT molecular complexity index is 1000. The molecule has 1 aliphatic rings. The van der Waals surface area contributed by atoms with Gasteiger partial charge < -0.3 is 5.32 Å². The maximum Gasteiger partial charge on any atom is 0.253 e. The Morgan fingerprint density at radius 2 is 1.77 bits per heavy atom. The normalized spacial score (nSPS) is 15.0. The second kappa shape index (κ2) is 9.81. The van der Waals surface area contributed by atoms with Crippen molar-refractivity contribution >= 4 is 33.2 Å². The van der Waals surface area contributed by atoms with Gasteiger partial charge in [0, 0.05) is 20.1 Å². The van der Waals surface area contributed by atoms with Gasteiger partial charge in [0.2, 0.25) is 10.0 Å². The van der Waals surface area contributed by atoms with E-state index in [2.05, 4.69) is 16.3 Å². The fraction of sp³-hybridized carbons (Fsp3) is 0.409. The summed E-state index contributed by atoms with van der Waals surface area (Å²) in [5, 5.41) is 3.15. The number of piperidine rings is 1. The van der Waals surface area contributed by atoms with Crippen LogP contribution in [-0.4, -0.2) is 45.6 Å². The molecule has 162 valence electrons. The van der Waals surface area contributed by atoms with Crippen molar-refractivity contribution in [2.45, 2.75) is 32.4 Å². The van der Waals surface area contributed by atoms with E-state index >= 15 is 0 Å². The number of amides is 1. The van der Waals surface area contributed by atoms with E-state index in [0.717, 1.165) is 35.8 Å². The Kier molecular flexibility index (Phi) is 7.39. The first-order valence-corrected chi connectivity index (χ1v) is 12.3. The molecule has 0 saturated carbocycles. The summed E-state index contributed by atoms with van der Waals surface area (Å²) in [5.74, 6) is -0.290. The van der Waals surface area contributed by atoms with Gasteiger partial charge >= 0.3 is 0 Å². The number of halogens is 1. The zero-order valence-corrected chi connectivity index (χ0v) is 19.0. The molecule has 0 unspecified atom stereocenters. The average molecular weight is 450 g/mol. The minimum Gasteiger partial charge on any atom is -0.348 e. The SMILES string of the molecule is CN(c1ccc(C(=O)NCc2ccccc2CN2CCCCC2)c(Cl)c1)S(C)(=O)=O. The van der Waals surface area contributed by atoms with Crippen LogP contribution in [0.4, 0.5) is 5.69 Å². The van der Waals surface area contributed by atoms with Crippen LogP contribution in [0.25, 0.3) is 0 Å². The Labute approximate surface area is 183 Å². The molecule has 0 aromatic heterocycles. The number of carbonyl (C=O) groups is 1. The number of hydrogen-bond donors (Lipinski definition) is 1. The summed E-state index contributed by atoms with van der Waals surface area (Å²) in [6, 6.07) is 12.8. The van der Waals surface area contributed by atoms with Crippen LogP contribution in [0.2, 0.25) is 5.02 Å². The number of carbonyl (C=O) groups excluding carboxylic acids is 1. The van der Waals surface area contributed by atoms with Crippen molar-refractivity contribution in [3.63, 3.8) is 0 Å². The molecule has 0 aliphatic carbocycles. The highest BCUT2D eigenvalue weighted by molar-refractivity contribution is 7.92. The first kappa shape index (κ1) is 22.6. The topological polar surface area (TPSA) is 69.7 Å². The minimum atomic E-state index is -3.40.